The molecule has 0 aliphatic carbocycles. The highest BCUT2D eigenvalue weighted by Crippen LogP contribution is 2.25. The van der Waals surface area contributed by atoms with Crippen LogP contribution in [0.2, 0.25) is 0 Å². The van der Waals surface area contributed by atoms with Crippen molar-refractivity contribution in [2.24, 2.45) is 0 Å². The van der Waals surface area contributed by atoms with Crippen molar-refractivity contribution in [3.63, 3.8) is 0 Å². The van der Waals surface area contributed by atoms with Gasteiger partial charge in [0.15, 0.2) is 0 Å². The Labute approximate surface area is 101 Å². The van der Waals surface area contributed by atoms with Gasteiger partial charge in [0, 0.05) is 23.4 Å². The van der Waals surface area contributed by atoms with Crippen LogP contribution in [-0.4, -0.2) is 22.2 Å². The number of aryl methyl sites for hydroxylation is 2. The van der Waals surface area contributed by atoms with Crippen LogP contribution in [0.5, 0.6) is 0 Å². The molecule has 90 valence electrons. The monoisotopic (exact) mass is 240 g/mol. The fourth-order valence-corrected chi connectivity index (χ4v) is 3.35. The minimum Gasteiger partial charge on any atom is -0.361 e. The van der Waals surface area contributed by atoms with Crippen molar-refractivity contribution in [1.82, 2.24) is 10.5 Å². The highest BCUT2D eigenvalue weighted by Gasteiger charge is 2.21. The largest absolute Gasteiger partial charge is 0.361 e. The maximum Gasteiger partial charge on any atom is 0.138 e. The zero-order valence-electron chi connectivity index (χ0n) is 10.2. The van der Waals surface area contributed by atoms with Crippen LogP contribution in [-0.2, 0) is 6.54 Å². The first-order chi connectivity index (χ1) is 7.68. The van der Waals surface area contributed by atoms with Gasteiger partial charge in [-0.05, 0) is 32.4 Å². The summed E-state index contributed by atoms with van der Waals surface area (Å²) in [7, 11) is 0. The highest BCUT2D eigenvalue weighted by molar-refractivity contribution is 7.99. The van der Waals surface area contributed by atoms with E-state index in [1.54, 1.807) is 0 Å². The van der Waals surface area contributed by atoms with E-state index in [-0.39, 0.29) is 0 Å². The van der Waals surface area contributed by atoms with Gasteiger partial charge in [-0.2, -0.15) is 11.8 Å². The minimum absolute atomic E-state index is 0.632. The Kier molecular flexibility index (Phi) is 3.92. The molecule has 0 radical (unpaired) electrons. The standard InChI is InChI=1S/C12H20N2OS/c1-8-11(9(2)15-14-8)7-13-12-5-4-6-16-10(12)3/h10,12-13H,4-7H2,1-3H3. The number of hydrogen-bond donors (Lipinski definition) is 1. The predicted octanol–water partition coefficient (Wildman–Crippen LogP) is 2.67. The van der Waals surface area contributed by atoms with Gasteiger partial charge in [-0.1, -0.05) is 12.1 Å². The molecule has 0 spiro atoms. The van der Waals surface area contributed by atoms with Crippen molar-refractivity contribution in [2.45, 2.75) is 51.4 Å². The Balaban J connectivity index is 1.91. The summed E-state index contributed by atoms with van der Waals surface area (Å²) in [5, 5.41) is 8.33. The first kappa shape index (κ1) is 12.0. The molecule has 0 aromatic carbocycles. The van der Waals surface area contributed by atoms with E-state index in [0.29, 0.717) is 11.3 Å². The molecule has 2 atom stereocenters. The van der Waals surface area contributed by atoms with E-state index in [1.165, 1.54) is 24.2 Å². The third-order valence-electron chi connectivity index (χ3n) is 3.33. The zero-order valence-corrected chi connectivity index (χ0v) is 11.1. The van der Waals surface area contributed by atoms with Crippen molar-refractivity contribution in [3.8, 4) is 0 Å². The van der Waals surface area contributed by atoms with Crippen molar-refractivity contribution in [3.05, 3.63) is 17.0 Å². The predicted molar refractivity (Wildman–Crippen MR) is 67.8 cm³/mol. The quantitative estimate of drug-likeness (QED) is 0.881. The van der Waals surface area contributed by atoms with Crippen molar-refractivity contribution >= 4 is 11.8 Å². The Morgan fingerprint density at radius 3 is 2.94 bits per heavy atom. The van der Waals surface area contributed by atoms with Gasteiger partial charge >= 0.3 is 0 Å². The van der Waals surface area contributed by atoms with Gasteiger partial charge in [0.05, 0.1) is 5.69 Å². The second kappa shape index (κ2) is 5.23. The van der Waals surface area contributed by atoms with E-state index in [0.717, 1.165) is 18.0 Å². The molecule has 3 nitrogen and oxygen atoms in total. The van der Waals surface area contributed by atoms with Crippen molar-refractivity contribution in [2.75, 3.05) is 5.75 Å². The Morgan fingerprint density at radius 1 is 1.50 bits per heavy atom. The van der Waals surface area contributed by atoms with Gasteiger partial charge in [-0.25, -0.2) is 0 Å². The van der Waals surface area contributed by atoms with Gasteiger partial charge in [0.25, 0.3) is 0 Å². The lowest BCUT2D eigenvalue weighted by atomic mass is 10.1. The summed E-state index contributed by atoms with van der Waals surface area (Å²) >= 11 is 2.07. The molecule has 0 amide bonds. The van der Waals surface area contributed by atoms with Crippen LogP contribution in [0.1, 0.15) is 36.8 Å². The maximum atomic E-state index is 5.17. The third-order valence-corrected chi connectivity index (χ3v) is 4.71. The summed E-state index contributed by atoms with van der Waals surface area (Å²) in [6.45, 7) is 7.19. The van der Waals surface area contributed by atoms with Crippen LogP contribution in [0, 0.1) is 13.8 Å². The Bertz CT molecular complexity index is 331. The molecule has 1 aromatic heterocycles. The molecule has 2 unspecified atom stereocenters. The van der Waals surface area contributed by atoms with E-state index in [4.69, 9.17) is 4.52 Å². The van der Waals surface area contributed by atoms with Gasteiger partial charge in [-0.15, -0.1) is 0 Å². The minimum atomic E-state index is 0.632. The summed E-state index contributed by atoms with van der Waals surface area (Å²) < 4.78 is 5.17. The van der Waals surface area contributed by atoms with Crippen LogP contribution in [0.15, 0.2) is 4.52 Å². The second-order valence-corrected chi connectivity index (χ2v) is 5.99. The third kappa shape index (κ3) is 2.61. The van der Waals surface area contributed by atoms with Gasteiger partial charge in [0.2, 0.25) is 0 Å². The number of hydrogen-bond acceptors (Lipinski definition) is 4. The number of nitrogens with zero attached hydrogens (tertiary/aromatic N) is 1. The van der Waals surface area contributed by atoms with E-state index >= 15 is 0 Å². The number of aromatic nitrogens is 1. The average Bonchev–Trinajstić information content (AvgIpc) is 2.58. The normalized spacial score (nSPS) is 25.9. The summed E-state index contributed by atoms with van der Waals surface area (Å²) in [5.74, 6) is 2.26. The molecule has 0 bridgehead atoms. The lowest BCUT2D eigenvalue weighted by Crippen LogP contribution is -2.38. The molecule has 1 aliphatic rings. The Morgan fingerprint density at radius 2 is 2.31 bits per heavy atom. The Hall–Kier alpha value is -0.480. The molecule has 1 saturated heterocycles. The molecule has 1 N–H and O–H groups in total. The fourth-order valence-electron chi connectivity index (χ4n) is 2.18. The van der Waals surface area contributed by atoms with Gasteiger partial charge < -0.3 is 9.84 Å². The molecule has 1 aliphatic heterocycles. The number of nitrogens with one attached hydrogen (secondary N) is 1. The lowest BCUT2D eigenvalue weighted by Gasteiger charge is -2.29. The summed E-state index contributed by atoms with van der Waals surface area (Å²) in [4.78, 5) is 0. The van der Waals surface area contributed by atoms with Crippen molar-refractivity contribution < 1.29 is 4.52 Å². The molecule has 2 heterocycles. The van der Waals surface area contributed by atoms with Crippen LogP contribution >= 0.6 is 11.8 Å². The molecule has 1 aromatic rings. The first-order valence-electron chi connectivity index (χ1n) is 5.95. The number of thioether (sulfide) groups is 1. The topological polar surface area (TPSA) is 38.1 Å². The molecule has 0 saturated carbocycles. The van der Waals surface area contributed by atoms with Crippen LogP contribution in [0.25, 0.3) is 0 Å². The van der Waals surface area contributed by atoms with Gasteiger partial charge in [0.1, 0.15) is 5.76 Å². The average molecular weight is 240 g/mol. The fraction of sp³-hybridized carbons (Fsp3) is 0.750. The van der Waals surface area contributed by atoms with Crippen LogP contribution < -0.4 is 5.32 Å². The smallest absolute Gasteiger partial charge is 0.138 e. The maximum absolute atomic E-state index is 5.17. The second-order valence-electron chi connectivity index (χ2n) is 4.51. The zero-order chi connectivity index (χ0) is 11.5. The van der Waals surface area contributed by atoms with Crippen LogP contribution in [0.4, 0.5) is 0 Å². The summed E-state index contributed by atoms with van der Waals surface area (Å²) in [6.07, 6.45) is 2.62. The summed E-state index contributed by atoms with van der Waals surface area (Å²) in [6, 6.07) is 0.632. The molecular formula is C12H20N2OS. The lowest BCUT2D eigenvalue weighted by molar-refractivity contribution is 0.390. The SMILES string of the molecule is Cc1noc(C)c1CNC1CCCSC1C. The molecule has 1 fully saturated rings. The molecule has 2 rings (SSSR count). The van der Waals surface area contributed by atoms with E-state index < -0.39 is 0 Å². The van der Waals surface area contributed by atoms with E-state index in [2.05, 4.69) is 29.2 Å². The van der Waals surface area contributed by atoms with E-state index in [9.17, 15) is 0 Å². The highest BCUT2D eigenvalue weighted by atomic mass is 32.2. The molecular weight excluding hydrogens is 220 g/mol. The summed E-state index contributed by atoms with van der Waals surface area (Å²) in [5.41, 5.74) is 2.24. The van der Waals surface area contributed by atoms with Gasteiger partial charge in [-0.3, -0.25) is 0 Å². The number of rotatable bonds is 3. The first-order valence-corrected chi connectivity index (χ1v) is 7.00. The van der Waals surface area contributed by atoms with E-state index in [1.807, 2.05) is 13.8 Å². The van der Waals surface area contributed by atoms with Crippen molar-refractivity contribution in [1.29, 1.82) is 0 Å². The molecule has 16 heavy (non-hydrogen) atoms. The molecule has 4 heteroatoms. The van der Waals surface area contributed by atoms with Crippen LogP contribution in [0.3, 0.4) is 0 Å².